The van der Waals surface area contributed by atoms with Gasteiger partial charge < -0.3 is 9.84 Å². The third kappa shape index (κ3) is 2.21. The van der Waals surface area contributed by atoms with Crippen LogP contribution in [-0.4, -0.2) is 29.2 Å². The van der Waals surface area contributed by atoms with Crippen LogP contribution in [0.1, 0.15) is 17.3 Å². The van der Waals surface area contributed by atoms with E-state index in [1.54, 1.807) is 30.3 Å². The van der Waals surface area contributed by atoms with Gasteiger partial charge in [-0.2, -0.15) is 0 Å². The van der Waals surface area contributed by atoms with E-state index in [1.165, 1.54) is 0 Å². The van der Waals surface area contributed by atoms with Crippen molar-refractivity contribution in [2.24, 2.45) is 0 Å². The van der Waals surface area contributed by atoms with Crippen LogP contribution in [-0.2, 0) is 4.74 Å². The molecule has 84 valence electrons. The summed E-state index contributed by atoms with van der Waals surface area (Å²) in [4.78, 5) is 11.9. The monoisotopic (exact) mass is 218 g/mol. The second kappa shape index (κ2) is 4.60. The van der Waals surface area contributed by atoms with Crippen molar-refractivity contribution in [3.8, 4) is 0 Å². The molecule has 1 aliphatic heterocycles. The van der Waals surface area contributed by atoms with Gasteiger partial charge in [-0.3, -0.25) is 4.79 Å². The molecular formula is C13H14O3. The van der Waals surface area contributed by atoms with Gasteiger partial charge in [-0.25, -0.2) is 0 Å². The average Bonchev–Trinajstić information content (AvgIpc) is 2.75. The zero-order valence-electron chi connectivity index (χ0n) is 9.04. The summed E-state index contributed by atoms with van der Waals surface area (Å²) >= 11 is 0. The van der Waals surface area contributed by atoms with Crippen molar-refractivity contribution in [1.29, 1.82) is 0 Å². The van der Waals surface area contributed by atoms with E-state index in [4.69, 9.17) is 4.74 Å². The molecule has 2 rings (SSSR count). The van der Waals surface area contributed by atoms with E-state index in [9.17, 15) is 9.90 Å². The zero-order valence-corrected chi connectivity index (χ0v) is 9.04. The lowest BCUT2D eigenvalue weighted by Crippen LogP contribution is -2.33. The van der Waals surface area contributed by atoms with Crippen LogP contribution in [0.5, 0.6) is 0 Å². The lowest BCUT2D eigenvalue weighted by atomic mass is 10.0. The smallest absolute Gasteiger partial charge is 0.194 e. The van der Waals surface area contributed by atoms with Crippen LogP contribution in [0.4, 0.5) is 0 Å². The lowest BCUT2D eigenvalue weighted by Gasteiger charge is -2.16. The number of Topliss-reactive ketones (excluding diaryl/α,β-unsaturated/α-hetero) is 1. The van der Waals surface area contributed by atoms with Crippen molar-refractivity contribution in [3.63, 3.8) is 0 Å². The Morgan fingerprint density at radius 2 is 2.00 bits per heavy atom. The number of hydrogen-bond donors (Lipinski definition) is 1. The molecular weight excluding hydrogens is 204 g/mol. The van der Waals surface area contributed by atoms with E-state index in [0.29, 0.717) is 5.56 Å². The fraction of sp³-hybridized carbons (Fsp3) is 0.308. The first-order valence-corrected chi connectivity index (χ1v) is 5.29. The quantitative estimate of drug-likeness (QED) is 0.619. The molecule has 0 saturated carbocycles. The minimum Gasteiger partial charge on any atom is -0.382 e. The molecule has 0 saturated heterocycles. The van der Waals surface area contributed by atoms with Crippen molar-refractivity contribution >= 4 is 5.78 Å². The number of benzene rings is 1. The van der Waals surface area contributed by atoms with Gasteiger partial charge in [-0.1, -0.05) is 42.5 Å². The van der Waals surface area contributed by atoms with Crippen molar-refractivity contribution in [2.45, 2.75) is 25.2 Å². The summed E-state index contributed by atoms with van der Waals surface area (Å²) in [5.41, 5.74) is 0.506. The van der Waals surface area contributed by atoms with E-state index in [0.717, 1.165) is 0 Å². The summed E-state index contributed by atoms with van der Waals surface area (Å²) in [6, 6.07) is 8.75. The third-order valence-electron chi connectivity index (χ3n) is 2.58. The molecule has 1 N–H and O–H groups in total. The predicted molar refractivity (Wildman–Crippen MR) is 60.3 cm³/mol. The number of ether oxygens (including phenoxy) is 1. The van der Waals surface area contributed by atoms with E-state index in [2.05, 4.69) is 0 Å². The number of carbonyl (C=O) groups is 1. The number of rotatable bonds is 3. The van der Waals surface area contributed by atoms with Crippen LogP contribution in [0.15, 0.2) is 42.5 Å². The Morgan fingerprint density at radius 3 is 2.56 bits per heavy atom. The molecule has 0 amide bonds. The molecule has 3 unspecified atom stereocenters. The summed E-state index contributed by atoms with van der Waals surface area (Å²) < 4.78 is 5.38. The van der Waals surface area contributed by atoms with Crippen molar-refractivity contribution in [1.82, 2.24) is 0 Å². The fourth-order valence-electron chi connectivity index (χ4n) is 1.71. The topological polar surface area (TPSA) is 46.5 Å². The highest BCUT2D eigenvalue weighted by Gasteiger charge is 2.29. The molecule has 3 nitrogen and oxygen atoms in total. The normalized spacial score (nSPS) is 25.6. The van der Waals surface area contributed by atoms with Gasteiger partial charge in [0, 0.05) is 5.56 Å². The second-order valence-corrected chi connectivity index (χ2v) is 3.87. The molecule has 1 aliphatic rings. The first kappa shape index (κ1) is 11.0. The van der Waals surface area contributed by atoms with Crippen molar-refractivity contribution in [3.05, 3.63) is 48.0 Å². The highest BCUT2D eigenvalue weighted by molar-refractivity contribution is 5.99. The fourth-order valence-corrected chi connectivity index (χ4v) is 1.71. The lowest BCUT2D eigenvalue weighted by molar-refractivity contribution is -0.00693. The van der Waals surface area contributed by atoms with E-state index < -0.39 is 12.2 Å². The van der Waals surface area contributed by atoms with Crippen LogP contribution in [0, 0.1) is 0 Å². The van der Waals surface area contributed by atoms with Gasteiger partial charge >= 0.3 is 0 Å². The Kier molecular flexibility index (Phi) is 3.17. The molecule has 0 spiro atoms. The minimum atomic E-state index is -1.12. The highest BCUT2D eigenvalue weighted by atomic mass is 16.5. The Balaban J connectivity index is 2.08. The van der Waals surface area contributed by atoms with Crippen LogP contribution >= 0.6 is 0 Å². The molecule has 16 heavy (non-hydrogen) atoms. The molecule has 1 heterocycles. The van der Waals surface area contributed by atoms with Gasteiger partial charge in [0.1, 0.15) is 12.2 Å². The van der Waals surface area contributed by atoms with Crippen LogP contribution in [0.3, 0.4) is 0 Å². The van der Waals surface area contributed by atoms with Gasteiger partial charge in [0.25, 0.3) is 0 Å². The summed E-state index contributed by atoms with van der Waals surface area (Å²) in [7, 11) is 0. The number of carbonyl (C=O) groups excluding carboxylic acids is 1. The van der Waals surface area contributed by atoms with E-state index in [-0.39, 0.29) is 11.9 Å². The minimum absolute atomic E-state index is 0.0387. The molecule has 0 radical (unpaired) electrons. The molecule has 1 aromatic rings. The number of ketones is 1. The average molecular weight is 218 g/mol. The Labute approximate surface area is 94.4 Å². The summed E-state index contributed by atoms with van der Waals surface area (Å²) in [6.07, 6.45) is 1.89. The highest BCUT2D eigenvalue weighted by Crippen LogP contribution is 2.17. The van der Waals surface area contributed by atoms with Crippen LogP contribution in [0.2, 0.25) is 0 Å². The van der Waals surface area contributed by atoms with Gasteiger partial charge in [0.05, 0.1) is 6.10 Å². The SMILES string of the molecule is CC1C=CC(C(O)C(=O)c2ccccc2)O1. The molecule has 0 aliphatic carbocycles. The van der Waals surface area contributed by atoms with E-state index >= 15 is 0 Å². The Bertz CT molecular complexity index is 397. The molecule has 0 bridgehead atoms. The summed E-state index contributed by atoms with van der Waals surface area (Å²) in [5.74, 6) is -0.302. The van der Waals surface area contributed by atoms with Gasteiger partial charge in [0.2, 0.25) is 0 Å². The molecule has 1 aromatic carbocycles. The largest absolute Gasteiger partial charge is 0.382 e. The number of aliphatic hydroxyl groups is 1. The van der Waals surface area contributed by atoms with Gasteiger partial charge in [-0.15, -0.1) is 0 Å². The zero-order chi connectivity index (χ0) is 11.5. The number of aliphatic hydroxyl groups excluding tert-OH is 1. The molecule has 0 aromatic heterocycles. The van der Waals surface area contributed by atoms with Crippen LogP contribution < -0.4 is 0 Å². The first-order valence-electron chi connectivity index (χ1n) is 5.29. The maximum absolute atomic E-state index is 11.9. The van der Waals surface area contributed by atoms with Crippen molar-refractivity contribution < 1.29 is 14.6 Å². The third-order valence-corrected chi connectivity index (χ3v) is 2.58. The summed E-state index contributed by atoms with van der Waals surface area (Å²) in [5, 5.41) is 9.86. The van der Waals surface area contributed by atoms with Crippen molar-refractivity contribution in [2.75, 3.05) is 0 Å². The van der Waals surface area contributed by atoms with E-state index in [1.807, 2.05) is 19.1 Å². The van der Waals surface area contributed by atoms with Crippen LogP contribution in [0.25, 0.3) is 0 Å². The second-order valence-electron chi connectivity index (χ2n) is 3.87. The Morgan fingerprint density at radius 1 is 1.31 bits per heavy atom. The predicted octanol–water partition coefficient (Wildman–Crippen LogP) is 1.57. The maximum atomic E-state index is 11.9. The van der Waals surface area contributed by atoms with Gasteiger partial charge in [0.15, 0.2) is 5.78 Å². The molecule has 3 heteroatoms. The summed E-state index contributed by atoms with van der Waals surface area (Å²) in [6.45, 7) is 1.87. The standard InChI is InChI=1S/C13H14O3/c1-9-7-8-11(16-9)13(15)12(14)10-5-3-2-4-6-10/h2-9,11,13,15H,1H3. The molecule has 0 fully saturated rings. The van der Waals surface area contributed by atoms with Gasteiger partial charge in [-0.05, 0) is 6.92 Å². The first-order chi connectivity index (χ1) is 7.68. The molecule has 3 atom stereocenters. The maximum Gasteiger partial charge on any atom is 0.194 e. The number of hydrogen-bond acceptors (Lipinski definition) is 3. The Hall–Kier alpha value is -1.45.